The van der Waals surface area contributed by atoms with E-state index in [9.17, 15) is 4.79 Å². The van der Waals surface area contributed by atoms with Crippen LogP contribution in [-0.4, -0.2) is 28.0 Å². The molecule has 0 aliphatic rings. The van der Waals surface area contributed by atoms with Crippen molar-refractivity contribution in [2.75, 3.05) is 5.75 Å². The second-order valence-electron chi connectivity index (χ2n) is 2.81. The number of aliphatic hydroxyl groups is 1. The van der Waals surface area contributed by atoms with Crippen LogP contribution in [0.3, 0.4) is 0 Å². The summed E-state index contributed by atoms with van der Waals surface area (Å²) in [5.74, 6) is -0.113. The van der Waals surface area contributed by atoms with Gasteiger partial charge in [0.15, 0.2) is 0 Å². The maximum Gasteiger partial charge on any atom is 0.306 e. The first-order valence-corrected chi connectivity index (χ1v) is 4.97. The summed E-state index contributed by atoms with van der Waals surface area (Å²) in [5.41, 5.74) is 0. The largest absolute Gasteiger partial charge is 0.481 e. The molecule has 76 valence electrons. The number of hydrogen-bond donors (Lipinski definition) is 3. The van der Waals surface area contributed by atoms with Gasteiger partial charge in [-0.1, -0.05) is 12.2 Å². The number of carboxylic acids is 1. The van der Waals surface area contributed by atoms with E-state index in [-0.39, 0.29) is 6.42 Å². The Bertz CT molecular complexity index is 168. The molecule has 0 aromatic carbocycles. The van der Waals surface area contributed by atoms with Crippen LogP contribution in [0.2, 0.25) is 0 Å². The fourth-order valence-electron chi connectivity index (χ4n) is 0.874. The van der Waals surface area contributed by atoms with Gasteiger partial charge in [-0.25, -0.2) is 0 Å². The highest BCUT2D eigenvalue weighted by Gasteiger charge is 2.03. The second-order valence-corrected chi connectivity index (χ2v) is 3.26. The molecule has 3 nitrogen and oxygen atoms in total. The molecule has 1 atom stereocenters. The summed E-state index contributed by atoms with van der Waals surface area (Å²) in [6.45, 7) is 0. The van der Waals surface area contributed by atoms with Crippen LogP contribution in [0.15, 0.2) is 12.2 Å². The first-order chi connectivity index (χ1) is 6.16. The molecule has 0 aromatic rings. The molecule has 0 bridgehead atoms. The Morgan fingerprint density at radius 3 is 2.69 bits per heavy atom. The smallest absolute Gasteiger partial charge is 0.306 e. The van der Waals surface area contributed by atoms with E-state index in [2.05, 4.69) is 12.6 Å². The highest BCUT2D eigenvalue weighted by Crippen LogP contribution is 2.00. The highest BCUT2D eigenvalue weighted by atomic mass is 32.1. The summed E-state index contributed by atoms with van der Waals surface area (Å²) in [7, 11) is 0. The Labute approximate surface area is 83.9 Å². The molecule has 0 aliphatic carbocycles. The minimum Gasteiger partial charge on any atom is -0.481 e. The van der Waals surface area contributed by atoms with E-state index in [1.54, 1.807) is 0 Å². The van der Waals surface area contributed by atoms with E-state index < -0.39 is 12.1 Å². The fourth-order valence-corrected chi connectivity index (χ4v) is 1.10. The normalized spacial score (nSPS) is 13.4. The van der Waals surface area contributed by atoms with E-state index >= 15 is 0 Å². The number of carboxylic acid groups (broad SMARTS) is 1. The predicted molar refractivity (Wildman–Crippen MR) is 55.1 cm³/mol. The SMILES string of the molecule is O=C(O)CC(O)/C=C/CCCCS. The molecular formula is C9H16O3S. The first kappa shape index (κ1) is 12.5. The van der Waals surface area contributed by atoms with Gasteiger partial charge in [-0.2, -0.15) is 12.6 Å². The minimum absolute atomic E-state index is 0.219. The van der Waals surface area contributed by atoms with Crippen LogP contribution >= 0.6 is 12.6 Å². The average Bonchev–Trinajstić information content (AvgIpc) is 2.02. The first-order valence-electron chi connectivity index (χ1n) is 4.34. The van der Waals surface area contributed by atoms with E-state index in [1.807, 2.05) is 6.08 Å². The van der Waals surface area contributed by atoms with E-state index in [0.717, 1.165) is 25.0 Å². The topological polar surface area (TPSA) is 57.5 Å². The van der Waals surface area contributed by atoms with Crippen molar-refractivity contribution in [2.24, 2.45) is 0 Å². The van der Waals surface area contributed by atoms with Gasteiger partial charge in [0.1, 0.15) is 0 Å². The standard InChI is InChI=1S/C9H16O3S/c10-8(7-9(11)12)5-3-1-2-4-6-13/h3,5,8,10,13H,1-2,4,6-7H2,(H,11,12)/b5-3+. The zero-order valence-electron chi connectivity index (χ0n) is 7.52. The molecule has 1 unspecified atom stereocenters. The van der Waals surface area contributed by atoms with Crippen molar-refractivity contribution in [1.82, 2.24) is 0 Å². The molecule has 4 heteroatoms. The third kappa shape index (κ3) is 9.43. The summed E-state index contributed by atoms with van der Waals surface area (Å²) < 4.78 is 0. The number of aliphatic carboxylic acids is 1. The summed E-state index contributed by atoms with van der Waals surface area (Å²) in [4.78, 5) is 10.1. The molecule has 0 saturated carbocycles. The number of rotatable bonds is 7. The van der Waals surface area contributed by atoms with Gasteiger partial charge in [0.05, 0.1) is 12.5 Å². The lowest BCUT2D eigenvalue weighted by atomic mass is 10.2. The predicted octanol–water partition coefficient (Wildman–Crippen LogP) is 1.48. The number of aliphatic hydroxyl groups excluding tert-OH is 1. The molecule has 13 heavy (non-hydrogen) atoms. The van der Waals surface area contributed by atoms with Crippen molar-refractivity contribution in [3.05, 3.63) is 12.2 Å². The summed E-state index contributed by atoms with van der Waals surface area (Å²) in [6.07, 6.45) is 5.22. The highest BCUT2D eigenvalue weighted by molar-refractivity contribution is 7.80. The van der Waals surface area contributed by atoms with E-state index in [1.165, 1.54) is 6.08 Å². The van der Waals surface area contributed by atoms with Gasteiger partial charge < -0.3 is 10.2 Å². The molecule has 0 fully saturated rings. The Kier molecular flexibility index (Phi) is 7.83. The zero-order chi connectivity index (χ0) is 10.1. The Morgan fingerprint density at radius 2 is 2.15 bits per heavy atom. The molecule has 0 rings (SSSR count). The lowest BCUT2D eigenvalue weighted by Crippen LogP contribution is -2.09. The van der Waals surface area contributed by atoms with Crippen molar-refractivity contribution in [2.45, 2.75) is 31.8 Å². The van der Waals surface area contributed by atoms with Crippen molar-refractivity contribution < 1.29 is 15.0 Å². The van der Waals surface area contributed by atoms with Crippen LogP contribution in [0, 0.1) is 0 Å². The molecule has 0 heterocycles. The third-order valence-corrected chi connectivity index (χ3v) is 1.84. The van der Waals surface area contributed by atoms with Crippen molar-refractivity contribution >= 4 is 18.6 Å². The maximum absolute atomic E-state index is 10.1. The molecule has 0 radical (unpaired) electrons. The van der Waals surface area contributed by atoms with Gasteiger partial charge in [0.25, 0.3) is 0 Å². The van der Waals surface area contributed by atoms with Gasteiger partial charge in [0, 0.05) is 0 Å². The van der Waals surface area contributed by atoms with Crippen LogP contribution in [0.25, 0.3) is 0 Å². The van der Waals surface area contributed by atoms with Crippen molar-refractivity contribution in [3.63, 3.8) is 0 Å². The second kappa shape index (κ2) is 8.13. The zero-order valence-corrected chi connectivity index (χ0v) is 8.41. The number of thiol groups is 1. The lowest BCUT2D eigenvalue weighted by molar-refractivity contribution is -0.138. The number of unbranched alkanes of at least 4 members (excludes halogenated alkanes) is 2. The van der Waals surface area contributed by atoms with E-state index in [4.69, 9.17) is 10.2 Å². The van der Waals surface area contributed by atoms with Crippen LogP contribution in [-0.2, 0) is 4.79 Å². The Balaban J connectivity index is 3.41. The number of allylic oxidation sites excluding steroid dienone is 1. The van der Waals surface area contributed by atoms with Gasteiger partial charge in [-0.3, -0.25) is 4.79 Å². The molecule has 2 N–H and O–H groups in total. The number of carbonyl (C=O) groups is 1. The van der Waals surface area contributed by atoms with Gasteiger partial charge in [0.2, 0.25) is 0 Å². The quantitative estimate of drug-likeness (QED) is 0.334. The van der Waals surface area contributed by atoms with Crippen LogP contribution in [0.1, 0.15) is 25.7 Å². The van der Waals surface area contributed by atoms with Gasteiger partial charge >= 0.3 is 5.97 Å². The Morgan fingerprint density at radius 1 is 1.46 bits per heavy atom. The molecule has 0 amide bonds. The fraction of sp³-hybridized carbons (Fsp3) is 0.667. The lowest BCUT2D eigenvalue weighted by Gasteiger charge is -1.99. The molecular weight excluding hydrogens is 188 g/mol. The molecule has 0 spiro atoms. The molecule has 0 aromatic heterocycles. The monoisotopic (exact) mass is 204 g/mol. The van der Waals surface area contributed by atoms with Crippen LogP contribution in [0.4, 0.5) is 0 Å². The molecule has 0 aliphatic heterocycles. The summed E-state index contributed by atoms with van der Waals surface area (Å²) >= 11 is 4.06. The summed E-state index contributed by atoms with van der Waals surface area (Å²) in [6, 6.07) is 0. The Hall–Kier alpha value is -0.480. The van der Waals surface area contributed by atoms with Crippen LogP contribution in [0.5, 0.6) is 0 Å². The number of hydrogen-bond acceptors (Lipinski definition) is 3. The average molecular weight is 204 g/mol. The van der Waals surface area contributed by atoms with Crippen LogP contribution < -0.4 is 0 Å². The third-order valence-electron chi connectivity index (χ3n) is 1.52. The van der Waals surface area contributed by atoms with E-state index in [0.29, 0.717) is 0 Å². The minimum atomic E-state index is -0.979. The molecule has 0 saturated heterocycles. The van der Waals surface area contributed by atoms with Crippen molar-refractivity contribution in [1.29, 1.82) is 0 Å². The maximum atomic E-state index is 10.1. The van der Waals surface area contributed by atoms with Gasteiger partial charge in [-0.05, 0) is 25.0 Å². The summed E-state index contributed by atoms with van der Waals surface area (Å²) in [5, 5.41) is 17.4. The van der Waals surface area contributed by atoms with Crippen molar-refractivity contribution in [3.8, 4) is 0 Å². The van der Waals surface area contributed by atoms with Gasteiger partial charge in [-0.15, -0.1) is 0 Å².